The van der Waals surface area contributed by atoms with E-state index in [0.717, 1.165) is 5.56 Å². The summed E-state index contributed by atoms with van der Waals surface area (Å²) in [5.41, 5.74) is 1.53. The summed E-state index contributed by atoms with van der Waals surface area (Å²) >= 11 is 0. The number of carbonyl (C=O) groups is 3. The molecule has 6 heteroatoms. The maximum atomic E-state index is 12.2. The highest BCUT2D eigenvalue weighted by Crippen LogP contribution is 2.18. The molecule has 1 N–H and O–H groups in total. The summed E-state index contributed by atoms with van der Waals surface area (Å²) in [4.78, 5) is 39.5. The first kappa shape index (κ1) is 17.5. The summed E-state index contributed by atoms with van der Waals surface area (Å²) in [6, 6.07) is 10.9. The Morgan fingerprint density at radius 1 is 1.21 bits per heavy atom. The van der Waals surface area contributed by atoms with Gasteiger partial charge in [0.2, 0.25) is 0 Å². The molecular weight excluding hydrogens is 308 g/mol. The van der Waals surface area contributed by atoms with Gasteiger partial charge in [-0.05, 0) is 25.5 Å². The first-order valence-electron chi connectivity index (χ1n) is 7.57. The number of rotatable bonds is 6. The second-order valence-corrected chi connectivity index (χ2v) is 5.53. The van der Waals surface area contributed by atoms with Gasteiger partial charge in [-0.15, -0.1) is 0 Å². The van der Waals surface area contributed by atoms with Crippen LogP contribution >= 0.6 is 0 Å². The van der Waals surface area contributed by atoms with Crippen LogP contribution in [0.1, 0.15) is 46.3 Å². The number of Topliss-reactive ketones (excluding diaryl/α,β-unsaturated/α-hetero) is 1. The van der Waals surface area contributed by atoms with Crippen molar-refractivity contribution in [2.75, 3.05) is 13.7 Å². The number of benzene rings is 1. The van der Waals surface area contributed by atoms with Gasteiger partial charge in [-0.3, -0.25) is 9.59 Å². The predicted octanol–water partition coefficient (Wildman–Crippen LogP) is 2.59. The second-order valence-electron chi connectivity index (χ2n) is 5.53. The number of hydrogen-bond donors (Lipinski definition) is 1. The van der Waals surface area contributed by atoms with Gasteiger partial charge in [0.25, 0.3) is 5.91 Å². The molecule has 6 nitrogen and oxygen atoms in total. The summed E-state index contributed by atoms with van der Waals surface area (Å²) in [5.74, 6) is -1.13. The van der Waals surface area contributed by atoms with Crippen LogP contribution in [0.3, 0.4) is 0 Å². The van der Waals surface area contributed by atoms with Gasteiger partial charge in [0.05, 0.1) is 6.04 Å². The molecule has 0 spiro atoms. The molecule has 1 aromatic heterocycles. The van der Waals surface area contributed by atoms with E-state index in [1.165, 1.54) is 24.1 Å². The zero-order chi connectivity index (χ0) is 17.7. The number of H-pyrrole nitrogens is 1. The van der Waals surface area contributed by atoms with Crippen molar-refractivity contribution in [1.29, 1.82) is 0 Å². The highest BCUT2D eigenvalue weighted by molar-refractivity contribution is 5.97. The summed E-state index contributed by atoms with van der Waals surface area (Å²) in [7, 11) is 1.66. The molecule has 126 valence electrons. The van der Waals surface area contributed by atoms with E-state index in [2.05, 4.69) is 4.98 Å². The fourth-order valence-electron chi connectivity index (χ4n) is 2.19. The van der Waals surface area contributed by atoms with Crippen LogP contribution in [0.2, 0.25) is 0 Å². The second kappa shape index (κ2) is 7.59. The Kier molecular flexibility index (Phi) is 5.52. The van der Waals surface area contributed by atoms with E-state index in [1.807, 2.05) is 37.3 Å². The molecule has 0 saturated heterocycles. The van der Waals surface area contributed by atoms with Crippen molar-refractivity contribution >= 4 is 17.7 Å². The molecule has 0 bridgehead atoms. The number of aromatic nitrogens is 1. The van der Waals surface area contributed by atoms with E-state index in [0.29, 0.717) is 5.56 Å². The van der Waals surface area contributed by atoms with Crippen molar-refractivity contribution in [3.05, 3.63) is 59.4 Å². The Bertz CT molecular complexity index is 736. The van der Waals surface area contributed by atoms with Crippen LogP contribution < -0.4 is 0 Å². The van der Waals surface area contributed by atoms with E-state index in [9.17, 15) is 14.4 Å². The minimum absolute atomic E-state index is 0.132. The number of nitrogens with zero attached hydrogens (tertiary/aromatic N) is 1. The molecule has 24 heavy (non-hydrogen) atoms. The van der Waals surface area contributed by atoms with Crippen LogP contribution in [0.4, 0.5) is 0 Å². The van der Waals surface area contributed by atoms with Gasteiger partial charge < -0.3 is 14.6 Å². The number of hydrogen-bond acceptors (Lipinski definition) is 4. The molecule has 2 aromatic rings. The highest BCUT2D eigenvalue weighted by atomic mass is 16.5. The number of aromatic amines is 1. The highest BCUT2D eigenvalue weighted by Gasteiger charge is 2.20. The fraction of sp³-hybridized carbons (Fsp3) is 0.278. The predicted molar refractivity (Wildman–Crippen MR) is 88.7 cm³/mol. The van der Waals surface area contributed by atoms with Crippen LogP contribution in [0.25, 0.3) is 0 Å². The Hall–Kier alpha value is -2.89. The number of amides is 1. The molecule has 1 amide bonds. The molecule has 1 heterocycles. The minimum Gasteiger partial charge on any atom is -0.451 e. The Labute approximate surface area is 140 Å². The number of nitrogens with one attached hydrogen (secondary N) is 1. The van der Waals surface area contributed by atoms with Crippen LogP contribution in [-0.2, 0) is 9.53 Å². The summed E-state index contributed by atoms with van der Waals surface area (Å²) in [6.45, 7) is 2.95. The lowest BCUT2D eigenvalue weighted by Crippen LogP contribution is -2.33. The quantitative estimate of drug-likeness (QED) is 0.653. The third-order valence-electron chi connectivity index (χ3n) is 3.89. The number of esters is 1. The Morgan fingerprint density at radius 3 is 2.46 bits per heavy atom. The third-order valence-corrected chi connectivity index (χ3v) is 3.89. The topological polar surface area (TPSA) is 79.5 Å². The van der Waals surface area contributed by atoms with Crippen molar-refractivity contribution in [3.8, 4) is 0 Å². The van der Waals surface area contributed by atoms with Crippen LogP contribution in [-0.4, -0.2) is 41.2 Å². The third kappa shape index (κ3) is 4.10. The van der Waals surface area contributed by atoms with Crippen LogP contribution in [0.5, 0.6) is 0 Å². The lowest BCUT2D eigenvalue weighted by molar-refractivity contribution is -0.135. The first-order valence-corrected chi connectivity index (χ1v) is 7.57. The number of ether oxygens (including phenoxy) is 1. The monoisotopic (exact) mass is 328 g/mol. The SMILES string of the molecule is CC(=O)c1c[nH]c(C(=O)OCC(=O)N(C)[C@H](C)c2ccccc2)c1. The molecule has 0 aliphatic carbocycles. The fourth-order valence-corrected chi connectivity index (χ4v) is 2.19. The van der Waals surface area contributed by atoms with Crippen LogP contribution in [0, 0.1) is 0 Å². The van der Waals surface area contributed by atoms with Gasteiger partial charge >= 0.3 is 5.97 Å². The van der Waals surface area contributed by atoms with Crippen molar-refractivity contribution in [3.63, 3.8) is 0 Å². The number of ketones is 1. The largest absolute Gasteiger partial charge is 0.451 e. The minimum atomic E-state index is -0.670. The molecule has 1 atom stereocenters. The lowest BCUT2D eigenvalue weighted by atomic mass is 10.1. The average molecular weight is 328 g/mol. The van der Waals surface area contributed by atoms with Crippen LogP contribution in [0.15, 0.2) is 42.6 Å². The molecule has 0 saturated carbocycles. The van der Waals surface area contributed by atoms with Crippen molar-refractivity contribution in [1.82, 2.24) is 9.88 Å². The maximum Gasteiger partial charge on any atom is 0.355 e. The van der Waals surface area contributed by atoms with Gasteiger partial charge in [-0.25, -0.2) is 4.79 Å². The maximum absolute atomic E-state index is 12.2. The molecule has 0 radical (unpaired) electrons. The average Bonchev–Trinajstić information content (AvgIpc) is 3.09. The number of carbonyl (C=O) groups excluding carboxylic acids is 3. The van der Waals surface area contributed by atoms with Gasteiger partial charge in [0, 0.05) is 18.8 Å². The normalized spacial score (nSPS) is 11.6. The van der Waals surface area contributed by atoms with Crippen molar-refractivity contribution < 1.29 is 19.1 Å². The lowest BCUT2D eigenvalue weighted by Gasteiger charge is -2.25. The van der Waals surface area contributed by atoms with E-state index in [4.69, 9.17) is 4.74 Å². The molecule has 0 fully saturated rings. The summed E-state index contributed by atoms with van der Waals surface area (Å²) in [6.07, 6.45) is 1.43. The van der Waals surface area contributed by atoms with E-state index >= 15 is 0 Å². The van der Waals surface area contributed by atoms with E-state index < -0.39 is 5.97 Å². The Balaban J connectivity index is 1.92. The van der Waals surface area contributed by atoms with Gasteiger partial charge in [-0.2, -0.15) is 0 Å². The smallest absolute Gasteiger partial charge is 0.355 e. The zero-order valence-corrected chi connectivity index (χ0v) is 13.9. The molecule has 2 rings (SSSR count). The number of likely N-dealkylation sites (N-methyl/N-ethyl adjacent to an activating group) is 1. The van der Waals surface area contributed by atoms with Crippen molar-refractivity contribution in [2.24, 2.45) is 0 Å². The van der Waals surface area contributed by atoms with Gasteiger partial charge in [-0.1, -0.05) is 30.3 Å². The standard InChI is InChI=1S/C18H20N2O4/c1-12(14-7-5-4-6-8-14)20(3)17(22)11-24-18(23)16-9-15(10-19-16)13(2)21/h4-10,12,19H,11H2,1-3H3/t12-/m1/s1. The molecule has 0 unspecified atom stereocenters. The summed E-state index contributed by atoms with van der Waals surface area (Å²) < 4.78 is 5.02. The van der Waals surface area contributed by atoms with E-state index in [-0.39, 0.29) is 30.0 Å². The van der Waals surface area contributed by atoms with Gasteiger partial charge in [0.1, 0.15) is 5.69 Å². The molecule has 0 aliphatic heterocycles. The Morgan fingerprint density at radius 2 is 1.88 bits per heavy atom. The zero-order valence-electron chi connectivity index (χ0n) is 13.9. The van der Waals surface area contributed by atoms with Gasteiger partial charge in [0.15, 0.2) is 12.4 Å². The molecular formula is C18H20N2O4. The summed E-state index contributed by atoms with van der Waals surface area (Å²) in [5, 5.41) is 0. The molecule has 0 aliphatic rings. The molecule has 1 aromatic carbocycles. The van der Waals surface area contributed by atoms with Crippen molar-refractivity contribution in [2.45, 2.75) is 19.9 Å². The first-order chi connectivity index (χ1) is 11.4. The van der Waals surface area contributed by atoms with E-state index in [1.54, 1.807) is 7.05 Å².